The Morgan fingerprint density at radius 1 is 1.11 bits per heavy atom. The second-order valence-electron chi connectivity index (χ2n) is 5.60. The van der Waals surface area contributed by atoms with E-state index < -0.39 is 0 Å². The topological polar surface area (TPSA) is 49.6 Å². The predicted molar refractivity (Wildman–Crippen MR) is 73.5 cm³/mol. The fourth-order valence-corrected chi connectivity index (χ4v) is 3.18. The molecule has 0 aromatic rings. The molecule has 4 heteroatoms. The highest BCUT2D eigenvalue weighted by atomic mass is 16.2. The molecule has 0 atom stereocenters. The van der Waals surface area contributed by atoms with Gasteiger partial charge < -0.3 is 15.5 Å². The molecule has 0 aromatic heterocycles. The minimum atomic E-state index is 0.273. The number of hydrogen-bond acceptors (Lipinski definition) is 2. The van der Waals surface area contributed by atoms with Crippen LogP contribution < -0.4 is 5.73 Å². The van der Waals surface area contributed by atoms with Crippen LogP contribution in [0.3, 0.4) is 0 Å². The third kappa shape index (κ3) is 3.37. The number of hydrogen-bond donors (Lipinski definition) is 1. The highest BCUT2D eigenvalue weighted by molar-refractivity contribution is 5.75. The Morgan fingerprint density at radius 3 is 2.39 bits per heavy atom. The first-order valence-corrected chi connectivity index (χ1v) is 7.58. The molecule has 0 spiro atoms. The maximum atomic E-state index is 12.6. The standard InChI is InChI=1S/C14H27N3O/c15-9-6-12-17(13-7-2-3-8-13)14(18)16-10-4-1-5-11-16/h13H,1-12,15H2. The summed E-state index contributed by atoms with van der Waals surface area (Å²) in [7, 11) is 0. The van der Waals surface area contributed by atoms with Gasteiger partial charge in [-0.1, -0.05) is 12.8 Å². The Hall–Kier alpha value is -0.770. The van der Waals surface area contributed by atoms with Gasteiger partial charge in [0.1, 0.15) is 0 Å². The van der Waals surface area contributed by atoms with Crippen molar-refractivity contribution in [1.29, 1.82) is 0 Å². The molecule has 1 saturated heterocycles. The minimum Gasteiger partial charge on any atom is -0.330 e. The summed E-state index contributed by atoms with van der Waals surface area (Å²) in [5.74, 6) is 0. The smallest absolute Gasteiger partial charge is 0.320 e. The Labute approximate surface area is 110 Å². The third-order valence-electron chi connectivity index (χ3n) is 4.24. The normalized spacial score (nSPS) is 21.3. The fourth-order valence-electron chi connectivity index (χ4n) is 3.18. The van der Waals surface area contributed by atoms with Gasteiger partial charge in [-0.3, -0.25) is 0 Å². The van der Waals surface area contributed by atoms with Crippen LogP contribution in [0, 0.1) is 0 Å². The first-order valence-electron chi connectivity index (χ1n) is 7.58. The summed E-state index contributed by atoms with van der Waals surface area (Å²) < 4.78 is 0. The first-order chi connectivity index (χ1) is 8.83. The molecular formula is C14H27N3O. The van der Waals surface area contributed by atoms with Gasteiger partial charge in [0.15, 0.2) is 0 Å². The predicted octanol–water partition coefficient (Wildman–Crippen LogP) is 2.19. The zero-order valence-electron chi connectivity index (χ0n) is 11.4. The molecule has 2 amide bonds. The summed E-state index contributed by atoms with van der Waals surface area (Å²) in [6.07, 6.45) is 9.46. The van der Waals surface area contributed by atoms with Gasteiger partial charge in [-0.05, 0) is 45.1 Å². The van der Waals surface area contributed by atoms with E-state index >= 15 is 0 Å². The first kappa shape index (κ1) is 13.7. The van der Waals surface area contributed by atoms with Gasteiger partial charge in [0, 0.05) is 25.7 Å². The number of carbonyl (C=O) groups is 1. The van der Waals surface area contributed by atoms with Crippen LogP contribution in [-0.2, 0) is 0 Å². The molecule has 0 bridgehead atoms. The van der Waals surface area contributed by atoms with Crippen molar-refractivity contribution < 1.29 is 4.79 Å². The Kier molecular flexibility index (Phi) is 5.29. The van der Waals surface area contributed by atoms with Crippen molar-refractivity contribution in [3.8, 4) is 0 Å². The number of carbonyl (C=O) groups excluding carboxylic acids is 1. The SMILES string of the molecule is NCCCN(C(=O)N1CCCCC1)C1CCCC1. The van der Waals surface area contributed by atoms with E-state index in [1.165, 1.54) is 44.9 Å². The van der Waals surface area contributed by atoms with Crippen LogP contribution >= 0.6 is 0 Å². The third-order valence-corrected chi connectivity index (χ3v) is 4.24. The summed E-state index contributed by atoms with van der Waals surface area (Å²) in [5, 5.41) is 0. The van der Waals surface area contributed by atoms with E-state index in [2.05, 4.69) is 9.80 Å². The lowest BCUT2D eigenvalue weighted by molar-refractivity contribution is 0.125. The van der Waals surface area contributed by atoms with Gasteiger partial charge in [0.2, 0.25) is 0 Å². The molecule has 1 aliphatic carbocycles. The zero-order chi connectivity index (χ0) is 12.8. The van der Waals surface area contributed by atoms with Crippen LogP contribution in [0.25, 0.3) is 0 Å². The summed E-state index contributed by atoms with van der Waals surface area (Å²) in [4.78, 5) is 16.8. The van der Waals surface area contributed by atoms with Crippen molar-refractivity contribution in [1.82, 2.24) is 9.80 Å². The molecule has 1 saturated carbocycles. The minimum absolute atomic E-state index is 0.273. The van der Waals surface area contributed by atoms with Crippen LogP contribution in [0.5, 0.6) is 0 Å². The van der Waals surface area contributed by atoms with E-state index in [-0.39, 0.29) is 6.03 Å². The van der Waals surface area contributed by atoms with Gasteiger partial charge in [0.25, 0.3) is 0 Å². The highest BCUT2D eigenvalue weighted by Crippen LogP contribution is 2.25. The van der Waals surface area contributed by atoms with Crippen molar-refractivity contribution >= 4 is 6.03 Å². The molecule has 4 nitrogen and oxygen atoms in total. The van der Waals surface area contributed by atoms with Crippen molar-refractivity contribution in [2.75, 3.05) is 26.2 Å². The molecule has 0 aromatic carbocycles. The van der Waals surface area contributed by atoms with Crippen molar-refractivity contribution in [3.05, 3.63) is 0 Å². The van der Waals surface area contributed by atoms with Crippen LogP contribution in [0.1, 0.15) is 51.4 Å². The van der Waals surface area contributed by atoms with Gasteiger partial charge in [-0.15, -0.1) is 0 Å². The maximum Gasteiger partial charge on any atom is 0.320 e. The summed E-state index contributed by atoms with van der Waals surface area (Å²) in [5.41, 5.74) is 5.60. The largest absolute Gasteiger partial charge is 0.330 e. The average molecular weight is 253 g/mol. The lowest BCUT2D eigenvalue weighted by Crippen LogP contribution is -2.49. The Morgan fingerprint density at radius 2 is 1.78 bits per heavy atom. The fraction of sp³-hybridized carbons (Fsp3) is 0.929. The maximum absolute atomic E-state index is 12.6. The van der Waals surface area contributed by atoms with Crippen LogP contribution in [0.15, 0.2) is 0 Å². The number of piperidine rings is 1. The lowest BCUT2D eigenvalue weighted by Gasteiger charge is -2.36. The highest BCUT2D eigenvalue weighted by Gasteiger charge is 2.29. The van der Waals surface area contributed by atoms with E-state index in [4.69, 9.17) is 5.73 Å². The van der Waals surface area contributed by atoms with E-state index in [0.717, 1.165) is 26.1 Å². The van der Waals surface area contributed by atoms with Crippen molar-refractivity contribution in [2.45, 2.75) is 57.4 Å². The zero-order valence-corrected chi connectivity index (χ0v) is 11.4. The van der Waals surface area contributed by atoms with Gasteiger partial charge in [0.05, 0.1) is 0 Å². The quantitative estimate of drug-likeness (QED) is 0.835. The Balaban J connectivity index is 1.94. The second kappa shape index (κ2) is 6.98. The number of rotatable bonds is 4. The Bertz CT molecular complexity index is 258. The molecule has 1 heterocycles. The van der Waals surface area contributed by atoms with Crippen LogP contribution in [-0.4, -0.2) is 48.1 Å². The number of likely N-dealkylation sites (tertiary alicyclic amines) is 1. The molecular weight excluding hydrogens is 226 g/mol. The van der Waals surface area contributed by atoms with Gasteiger partial charge in [-0.2, -0.15) is 0 Å². The molecule has 1 aliphatic heterocycles. The summed E-state index contributed by atoms with van der Waals surface area (Å²) in [6, 6.07) is 0.751. The van der Waals surface area contributed by atoms with Crippen molar-refractivity contribution in [2.24, 2.45) is 5.73 Å². The lowest BCUT2D eigenvalue weighted by atomic mass is 10.1. The summed E-state index contributed by atoms with van der Waals surface area (Å²) >= 11 is 0. The number of amides is 2. The van der Waals surface area contributed by atoms with E-state index in [1.807, 2.05) is 0 Å². The summed E-state index contributed by atoms with van der Waals surface area (Å²) in [6.45, 7) is 3.42. The van der Waals surface area contributed by atoms with E-state index in [9.17, 15) is 4.79 Å². The van der Waals surface area contributed by atoms with Crippen LogP contribution in [0.2, 0.25) is 0 Å². The van der Waals surface area contributed by atoms with Crippen molar-refractivity contribution in [3.63, 3.8) is 0 Å². The molecule has 0 unspecified atom stereocenters. The van der Waals surface area contributed by atoms with Gasteiger partial charge in [-0.25, -0.2) is 4.79 Å². The van der Waals surface area contributed by atoms with E-state index in [0.29, 0.717) is 12.6 Å². The molecule has 104 valence electrons. The number of nitrogens with two attached hydrogens (primary N) is 1. The molecule has 2 N–H and O–H groups in total. The van der Waals surface area contributed by atoms with E-state index in [1.54, 1.807) is 0 Å². The monoisotopic (exact) mass is 253 g/mol. The molecule has 2 fully saturated rings. The number of urea groups is 1. The number of nitrogens with zero attached hydrogens (tertiary/aromatic N) is 2. The average Bonchev–Trinajstić information content (AvgIpc) is 2.94. The molecule has 18 heavy (non-hydrogen) atoms. The second-order valence-corrected chi connectivity index (χ2v) is 5.60. The molecule has 2 aliphatic rings. The van der Waals surface area contributed by atoms with Crippen LogP contribution in [0.4, 0.5) is 4.79 Å². The molecule has 2 rings (SSSR count). The van der Waals surface area contributed by atoms with Gasteiger partial charge >= 0.3 is 6.03 Å². The molecule has 0 radical (unpaired) electrons.